The van der Waals surface area contributed by atoms with Crippen molar-refractivity contribution in [3.05, 3.63) is 71.3 Å². The van der Waals surface area contributed by atoms with Gasteiger partial charge in [-0.05, 0) is 37.1 Å². The normalized spacial score (nSPS) is 16.2. The zero-order chi connectivity index (χ0) is 20.6. The number of rotatable bonds is 7. The molecular weight excluding hydrogens is 360 g/mol. The molecule has 0 spiro atoms. The van der Waals surface area contributed by atoms with Crippen LogP contribution in [0.4, 0.5) is 0 Å². The molecule has 1 aliphatic rings. The number of carbonyl (C=O) groups is 1. The summed E-state index contributed by atoms with van der Waals surface area (Å²) in [6, 6.07) is 20.0. The Labute approximate surface area is 174 Å². The molecule has 3 rings (SSSR count). The molecule has 2 aromatic carbocycles. The van der Waals surface area contributed by atoms with Crippen molar-refractivity contribution >= 4 is 5.91 Å². The van der Waals surface area contributed by atoms with Gasteiger partial charge in [0.25, 0.3) is 0 Å². The molecule has 152 valence electrons. The molecular formula is C24H30N4O. The molecule has 29 heavy (non-hydrogen) atoms. The number of carbonyl (C=O) groups excluding carboxylic acids is 1. The Bertz CT molecular complexity index is 820. The lowest BCUT2D eigenvalue weighted by Gasteiger charge is -2.39. The third kappa shape index (κ3) is 5.66. The molecule has 5 nitrogen and oxygen atoms in total. The highest BCUT2D eigenvalue weighted by atomic mass is 16.2. The Morgan fingerprint density at radius 2 is 1.69 bits per heavy atom. The first-order chi connectivity index (χ1) is 14.1. The zero-order valence-electron chi connectivity index (χ0n) is 17.4. The van der Waals surface area contributed by atoms with E-state index < -0.39 is 0 Å². The van der Waals surface area contributed by atoms with Crippen LogP contribution >= 0.6 is 0 Å². The van der Waals surface area contributed by atoms with E-state index in [1.165, 1.54) is 11.1 Å². The van der Waals surface area contributed by atoms with E-state index in [1.807, 2.05) is 61.2 Å². The Morgan fingerprint density at radius 1 is 1.03 bits per heavy atom. The average Bonchev–Trinajstić information content (AvgIpc) is 2.78. The van der Waals surface area contributed by atoms with Gasteiger partial charge < -0.3 is 4.90 Å². The van der Waals surface area contributed by atoms with Crippen molar-refractivity contribution < 1.29 is 4.79 Å². The van der Waals surface area contributed by atoms with E-state index in [0.717, 1.165) is 39.3 Å². The number of nitrogens with zero attached hydrogens (tertiary/aromatic N) is 4. The van der Waals surface area contributed by atoms with Crippen molar-refractivity contribution in [2.24, 2.45) is 0 Å². The van der Waals surface area contributed by atoms with Crippen LogP contribution in [0.3, 0.4) is 0 Å². The van der Waals surface area contributed by atoms with Crippen LogP contribution in [0, 0.1) is 11.3 Å². The van der Waals surface area contributed by atoms with Gasteiger partial charge in [-0.2, -0.15) is 5.26 Å². The fourth-order valence-corrected chi connectivity index (χ4v) is 3.82. The highest BCUT2D eigenvalue weighted by molar-refractivity contribution is 5.81. The Hall–Kier alpha value is -2.68. The molecule has 1 aliphatic heterocycles. The molecule has 1 saturated heterocycles. The van der Waals surface area contributed by atoms with Gasteiger partial charge in [0, 0.05) is 45.8 Å². The summed E-state index contributed by atoms with van der Waals surface area (Å²) in [7, 11) is 0. The first-order valence-electron chi connectivity index (χ1n) is 10.4. The first-order valence-corrected chi connectivity index (χ1v) is 10.4. The lowest BCUT2D eigenvalue weighted by atomic mass is 10.1. The van der Waals surface area contributed by atoms with Gasteiger partial charge in [0.05, 0.1) is 17.7 Å². The van der Waals surface area contributed by atoms with Gasteiger partial charge in [0.15, 0.2) is 0 Å². The third-order valence-electron chi connectivity index (χ3n) is 5.71. The quantitative estimate of drug-likeness (QED) is 0.729. The second-order valence-corrected chi connectivity index (χ2v) is 7.63. The Kier molecular flexibility index (Phi) is 7.40. The van der Waals surface area contributed by atoms with Gasteiger partial charge in [-0.3, -0.25) is 14.6 Å². The maximum Gasteiger partial charge on any atom is 0.239 e. The Balaban J connectivity index is 1.51. The van der Waals surface area contributed by atoms with E-state index in [0.29, 0.717) is 12.1 Å². The van der Waals surface area contributed by atoms with Gasteiger partial charge in [-0.25, -0.2) is 0 Å². The van der Waals surface area contributed by atoms with Crippen LogP contribution in [0.2, 0.25) is 0 Å². The van der Waals surface area contributed by atoms with Crippen LogP contribution in [-0.4, -0.2) is 59.4 Å². The fraction of sp³-hybridized carbons (Fsp3) is 0.417. The van der Waals surface area contributed by atoms with Crippen molar-refractivity contribution in [1.82, 2.24) is 14.7 Å². The lowest BCUT2D eigenvalue weighted by molar-refractivity contribution is -0.137. The van der Waals surface area contributed by atoms with Crippen LogP contribution in [0.25, 0.3) is 0 Å². The minimum absolute atomic E-state index is 0.101. The molecule has 1 atom stereocenters. The van der Waals surface area contributed by atoms with Gasteiger partial charge >= 0.3 is 0 Å². The van der Waals surface area contributed by atoms with Crippen molar-refractivity contribution in [1.29, 1.82) is 5.26 Å². The van der Waals surface area contributed by atoms with Gasteiger partial charge in [0.1, 0.15) is 0 Å². The number of piperazine rings is 1. The highest BCUT2D eigenvalue weighted by Crippen LogP contribution is 2.14. The SMILES string of the molecule is CCN(Cc1ccccc1)C(=O)[C@H](C)N1CCN(Cc2ccc(C#N)cc2)CC1. The second-order valence-electron chi connectivity index (χ2n) is 7.63. The number of hydrogen-bond donors (Lipinski definition) is 0. The summed E-state index contributed by atoms with van der Waals surface area (Å²) in [5, 5.41) is 8.92. The van der Waals surface area contributed by atoms with Gasteiger partial charge in [-0.1, -0.05) is 42.5 Å². The second kappa shape index (κ2) is 10.2. The maximum atomic E-state index is 13.1. The van der Waals surface area contributed by atoms with E-state index >= 15 is 0 Å². The average molecular weight is 391 g/mol. The number of amides is 1. The van der Waals surface area contributed by atoms with Crippen molar-refractivity contribution in [3.8, 4) is 6.07 Å². The van der Waals surface area contributed by atoms with Crippen LogP contribution in [0.5, 0.6) is 0 Å². The predicted molar refractivity (Wildman–Crippen MR) is 115 cm³/mol. The van der Waals surface area contributed by atoms with Crippen LogP contribution < -0.4 is 0 Å². The smallest absolute Gasteiger partial charge is 0.239 e. The van der Waals surface area contributed by atoms with Crippen LogP contribution in [0.1, 0.15) is 30.5 Å². The van der Waals surface area contributed by atoms with E-state index in [9.17, 15) is 4.79 Å². The standard InChI is InChI=1S/C24H30N4O/c1-3-27(19-22-7-5-4-6-8-22)24(29)20(2)28-15-13-26(14-16-28)18-23-11-9-21(17-25)10-12-23/h4-12,20H,3,13-16,18-19H2,1-2H3/t20-/m0/s1. The Morgan fingerprint density at radius 3 is 2.28 bits per heavy atom. The number of likely N-dealkylation sites (N-methyl/N-ethyl adjacent to an activating group) is 1. The summed E-state index contributed by atoms with van der Waals surface area (Å²) in [5.41, 5.74) is 3.09. The van der Waals surface area contributed by atoms with E-state index in [1.54, 1.807) is 0 Å². The zero-order valence-corrected chi connectivity index (χ0v) is 17.4. The van der Waals surface area contributed by atoms with Crippen molar-refractivity contribution in [3.63, 3.8) is 0 Å². The molecule has 2 aromatic rings. The molecule has 1 amide bonds. The molecule has 0 N–H and O–H groups in total. The maximum absolute atomic E-state index is 13.1. The molecule has 1 heterocycles. The fourth-order valence-electron chi connectivity index (χ4n) is 3.82. The highest BCUT2D eigenvalue weighted by Gasteiger charge is 2.28. The molecule has 5 heteroatoms. The van der Waals surface area contributed by atoms with Crippen LogP contribution in [-0.2, 0) is 17.9 Å². The van der Waals surface area contributed by atoms with Crippen LogP contribution in [0.15, 0.2) is 54.6 Å². The summed E-state index contributed by atoms with van der Waals surface area (Å²) in [6.45, 7) is 10.0. The molecule has 0 saturated carbocycles. The van der Waals surface area contributed by atoms with E-state index in [4.69, 9.17) is 5.26 Å². The summed E-state index contributed by atoms with van der Waals surface area (Å²) in [6.07, 6.45) is 0. The van der Waals surface area contributed by atoms with E-state index in [2.05, 4.69) is 28.0 Å². The number of nitriles is 1. The molecule has 1 fully saturated rings. The first kappa shape index (κ1) is 21.0. The molecule has 0 radical (unpaired) electrons. The van der Waals surface area contributed by atoms with Crippen molar-refractivity contribution in [2.75, 3.05) is 32.7 Å². The minimum Gasteiger partial charge on any atom is -0.337 e. The molecule has 0 unspecified atom stereocenters. The predicted octanol–water partition coefficient (Wildman–Crippen LogP) is 3.11. The molecule has 0 aromatic heterocycles. The third-order valence-corrected chi connectivity index (χ3v) is 5.71. The summed E-state index contributed by atoms with van der Waals surface area (Å²) >= 11 is 0. The largest absolute Gasteiger partial charge is 0.337 e. The minimum atomic E-state index is -0.101. The molecule has 0 aliphatic carbocycles. The summed E-state index contributed by atoms with van der Waals surface area (Å²) in [5.74, 6) is 0.205. The monoisotopic (exact) mass is 390 g/mol. The van der Waals surface area contributed by atoms with Gasteiger partial charge in [-0.15, -0.1) is 0 Å². The number of benzene rings is 2. The summed E-state index contributed by atoms with van der Waals surface area (Å²) in [4.78, 5) is 19.7. The van der Waals surface area contributed by atoms with E-state index in [-0.39, 0.29) is 11.9 Å². The summed E-state index contributed by atoms with van der Waals surface area (Å²) < 4.78 is 0. The number of hydrogen-bond acceptors (Lipinski definition) is 4. The molecule has 0 bridgehead atoms. The van der Waals surface area contributed by atoms with Gasteiger partial charge in [0.2, 0.25) is 5.91 Å². The topological polar surface area (TPSA) is 50.6 Å². The lowest BCUT2D eigenvalue weighted by Crippen LogP contribution is -2.54. The van der Waals surface area contributed by atoms with Crippen molar-refractivity contribution in [2.45, 2.75) is 33.0 Å².